The van der Waals surface area contributed by atoms with E-state index >= 15 is 0 Å². The third kappa shape index (κ3) is 4.17. The van der Waals surface area contributed by atoms with Crippen LogP contribution < -0.4 is 10.6 Å². The van der Waals surface area contributed by atoms with E-state index in [4.69, 9.17) is 10.8 Å². The van der Waals surface area contributed by atoms with Crippen molar-refractivity contribution in [3.05, 3.63) is 54.3 Å². The smallest absolute Gasteiger partial charge is 0.167 e. The Labute approximate surface area is 166 Å². The Bertz CT molecular complexity index is 860. The maximum atomic E-state index is 14.8. The number of hydrogen-bond donors (Lipinski definition) is 1. The van der Waals surface area contributed by atoms with Crippen LogP contribution in [0.1, 0.15) is 44.9 Å². The Morgan fingerprint density at radius 3 is 2.68 bits per heavy atom. The summed E-state index contributed by atoms with van der Waals surface area (Å²) in [5.74, 6) is 0.385. The number of anilines is 1. The normalized spacial score (nSPS) is 16.1. The largest absolute Gasteiger partial charge is 0.354 e. The number of hydrogen-bond acceptors (Lipinski definition) is 4. The molecule has 0 atom stereocenters. The first-order valence-corrected chi connectivity index (χ1v) is 10.0. The van der Waals surface area contributed by atoms with Crippen molar-refractivity contribution in [3.63, 3.8) is 0 Å². The number of allylic oxidation sites excluding steroid dienone is 3. The summed E-state index contributed by atoms with van der Waals surface area (Å²) in [5, 5.41) is 4.75. The van der Waals surface area contributed by atoms with E-state index in [9.17, 15) is 4.39 Å². The molecule has 0 saturated carbocycles. The summed E-state index contributed by atoms with van der Waals surface area (Å²) in [6.07, 6.45) is 10.0. The Morgan fingerprint density at radius 1 is 1.39 bits per heavy atom. The lowest BCUT2D eigenvalue weighted by Crippen LogP contribution is -2.40. The SMILES string of the molecule is C=C/C=C(/c1nn(-c2cnc(N3CCC(N)CC3)c(F)c2)cc1CC)C(C)C. The molecule has 2 aromatic heterocycles. The molecule has 0 aromatic carbocycles. The van der Waals surface area contributed by atoms with Gasteiger partial charge < -0.3 is 10.6 Å². The molecule has 6 heteroatoms. The number of aromatic nitrogens is 3. The van der Waals surface area contributed by atoms with Crippen molar-refractivity contribution in [1.29, 1.82) is 0 Å². The van der Waals surface area contributed by atoms with Gasteiger partial charge in [0.25, 0.3) is 0 Å². The van der Waals surface area contributed by atoms with Gasteiger partial charge in [-0.1, -0.05) is 39.5 Å². The first kappa shape index (κ1) is 20.3. The third-order valence-electron chi connectivity index (χ3n) is 5.27. The molecule has 3 rings (SSSR count). The van der Waals surface area contributed by atoms with Gasteiger partial charge >= 0.3 is 0 Å². The van der Waals surface area contributed by atoms with Crippen LogP contribution >= 0.6 is 0 Å². The molecule has 5 nitrogen and oxygen atoms in total. The van der Waals surface area contributed by atoms with Crippen LogP contribution in [0.2, 0.25) is 0 Å². The molecule has 3 heterocycles. The second-order valence-electron chi connectivity index (χ2n) is 7.64. The average Bonchev–Trinajstić information content (AvgIpc) is 3.10. The maximum Gasteiger partial charge on any atom is 0.167 e. The van der Waals surface area contributed by atoms with Crippen LogP contribution in [0.25, 0.3) is 11.3 Å². The van der Waals surface area contributed by atoms with Gasteiger partial charge in [-0.3, -0.25) is 0 Å². The monoisotopic (exact) mass is 383 g/mol. The first-order chi connectivity index (χ1) is 13.4. The van der Waals surface area contributed by atoms with Crippen molar-refractivity contribution in [2.24, 2.45) is 11.7 Å². The van der Waals surface area contributed by atoms with Crippen LogP contribution in [0.4, 0.5) is 10.2 Å². The van der Waals surface area contributed by atoms with Crippen molar-refractivity contribution < 1.29 is 4.39 Å². The fourth-order valence-corrected chi connectivity index (χ4v) is 3.61. The lowest BCUT2D eigenvalue weighted by molar-refractivity contribution is 0.489. The summed E-state index contributed by atoms with van der Waals surface area (Å²) in [5.41, 5.74) is 9.75. The van der Waals surface area contributed by atoms with E-state index in [-0.39, 0.29) is 11.9 Å². The fraction of sp³-hybridized carbons (Fsp3) is 0.455. The molecule has 0 amide bonds. The molecule has 0 bridgehead atoms. The van der Waals surface area contributed by atoms with Gasteiger partial charge in [0.1, 0.15) is 0 Å². The molecule has 2 aromatic rings. The van der Waals surface area contributed by atoms with Gasteiger partial charge in [0, 0.05) is 31.4 Å². The van der Waals surface area contributed by atoms with E-state index < -0.39 is 0 Å². The van der Waals surface area contributed by atoms with E-state index in [2.05, 4.69) is 32.3 Å². The van der Waals surface area contributed by atoms with Crippen molar-refractivity contribution in [3.8, 4) is 5.69 Å². The molecular weight excluding hydrogens is 353 g/mol. The van der Waals surface area contributed by atoms with Crippen molar-refractivity contribution >= 4 is 11.4 Å². The van der Waals surface area contributed by atoms with E-state index in [0.717, 1.165) is 49.2 Å². The van der Waals surface area contributed by atoms with Gasteiger partial charge in [0.15, 0.2) is 11.6 Å². The highest BCUT2D eigenvalue weighted by molar-refractivity contribution is 5.68. The quantitative estimate of drug-likeness (QED) is 0.762. The minimum absolute atomic E-state index is 0.201. The topological polar surface area (TPSA) is 60.0 Å². The van der Waals surface area contributed by atoms with Gasteiger partial charge in [-0.15, -0.1) is 0 Å². The highest BCUT2D eigenvalue weighted by Crippen LogP contribution is 2.28. The molecule has 1 aliphatic heterocycles. The van der Waals surface area contributed by atoms with Crippen LogP contribution in [0, 0.1) is 11.7 Å². The molecule has 0 radical (unpaired) electrons. The first-order valence-electron chi connectivity index (χ1n) is 10.0. The van der Waals surface area contributed by atoms with Gasteiger partial charge in [0.2, 0.25) is 0 Å². The van der Waals surface area contributed by atoms with Gasteiger partial charge in [-0.05, 0) is 36.3 Å². The summed E-state index contributed by atoms with van der Waals surface area (Å²) in [4.78, 5) is 6.37. The third-order valence-corrected chi connectivity index (χ3v) is 5.27. The highest BCUT2D eigenvalue weighted by atomic mass is 19.1. The number of pyridine rings is 1. The Morgan fingerprint density at radius 2 is 2.11 bits per heavy atom. The van der Waals surface area contributed by atoms with Crippen molar-refractivity contribution in [1.82, 2.24) is 14.8 Å². The number of aryl methyl sites for hydroxylation is 1. The van der Waals surface area contributed by atoms with Crippen LogP contribution in [-0.4, -0.2) is 33.9 Å². The summed E-state index contributed by atoms with van der Waals surface area (Å²) in [6, 6.07) is 1.71. The zero-order valence-electron chi connectivity index (χ0n) is 17.0. The predicted octanol–water partition coefficient (Wildman–Crippen LogP) is 4.12. The fourth-order valence-electron chi connectivity index (χ4n) is 3.61. The minimum Gasteiger partial charge on any atom is -0.354 e. The maximum absolute atomic E-state index is 14.8. The van der Waals surface area contributed by atoms with E-state index in [1.54, 1.807) is 17.0 Å². The molecule has 1 fully saturated rings. The molecule has 2 N–H and O–H groups in total. The van der Waals surface area contributed by atoms with E-state index in [1.165, 1.54) is 6.07 Å². The number of piperidine rings is 1. The summed E-state index contributed by atoms with van der Waals surface area (Å²) < 4.78 is 16.5. The average molecular weight is 384 g/mol. The van der Waals surface area contributed by atoms with Gasteiger partial charge in [-0.25, -0.2) is 14.1 Å². The summed E-state index contributed by atoms with van der Waals surface area (Å²) in [6.45, 7) is 11.7. The molecular formula is C22H30FN5. The number of halogens is 1. The molecule has 1 aliphatic rings. The Balaban J connectivity index is 1.93. The zero-order chi connectivity index (χ0) is 20.3. The molecule has 0 spiro atoms. The standard InChI is InChI=1S/C22H30FN5/c1-5-7-19(15(3)4)21-16(6-2)14-28(26-21)18-12-20(23)22(25-13-18)27-10-8-17(24)9-11-27/h5,7,12-15,17H,1,6,8-11,24H2,2-4H3/b19-7+. The summed E-state index contributed by atoms with van der Waals surface area (Å²) in [7, 11) is 0. The predicted molar refractivity (Wildman–Crippen MR) is 113 cm³/mol. The van der Waals surface area contributed by atoms with Crippen LogP contribution in [-0.2, 0) is 6.42 Å². The minimum atomic E-state index is -0.325. The van der Waals surface area contributed by atoms with Crippen molar-refractivity contribution in [2.75, 3.05) is 18.0 Å². The van der Waals surface area contributed by atoms with Crippen LogP contribution in [0.5, 0.6) is 0 Å². The molecule has 0 unspecified atom stereocenters. The molecule has 0 aliphatic carbocycles. The zero-order valence-corrected chi connectivity index (χ0v) is 17.0. The van der Waals surface area contributed by atoms with E-state index in [0.29, 0.717) is 17.4 Å². The van der Waals surface area contributed by atoms with Crippen LogP contribution in [0.3, 0.4) is 0 Å². The lowest BCUT2D eigenvalue weighted by atomic mass is 9.96. The van der Waals surface area contributed by atoms with E-state index in [1.807, 2.05) is 17.2 Å². The van der Waals surface area contributed by atoms with Crippen molar-refractivity contribution in [2.45, 2.75) is 46.1 Å². The number of nitrogens with two attached hydrogens (primary N) is 1. The lowest BCUT2D eigenvalue weighted by Gasteiger charge is -2.31. The highest BCUT2D eigenvalue weighted by Gasteiger charge is 2.21. The molecule has 150 valence electrons. The Hall–Kier alpha value is -2.47. The molecule has 1 saturated heterocycles. The molecule has 28 heavy (non-hydrogen) atoms. The second-order valence-corrected chi connectivity index (χ2v) is 7.64. The van der Waals surface area contributed by atoms with Gasteiger partial charge in [0.05, 0.1) is 17.6 Å². The van der Waals surface area contributed by atoms with Crippen LogP contribution in [0.15, 0.2) is 37.2 Å². The second kappa shape index (κ2) is 8.69. The summed E-state index contributed by atoms with van der Waals surface area (Å²) >= 11 is 0. The Kier molecular flexibility index (Phi) is 6.29. The number of rotatable bonds is 6. The van der Waals surface area contributed by atoms with Gasteiger partial charge in [-0.2, -0.15) is 5.10 Å². The number of nitrogens with zero attached hydrogens (tertiary/aromatic N) is 4.